The van der Waals surface area contributed by atoms with E-state index < -0.39 is 0 Å². The van der Waals surface area contributed by atoms with Gasteiger partial charge in [-0.05, 0) is 19.8 Å². The van der Waals surface area contributed by atoms with Crippen molar-refractivity contribution in [2.45, 2.75) is 39.2 Å². The molecule has 0 saturated heterocycles. The number of nitrogens with one attached hydrogen (secondary N) is 2. The second-order valence-corrected chi connectivity index (χ2v) is 7.10. The van der Waals surface area contributed by atoms with Crippen molar-refractivity contribution in [3.63, 3.8) is 0 Å². The molecule has 0 aliphatic heterocycles. The van der Waals surface area contributed by atoms with Crippen molar-refractivity contribution < 1.29 is 4.79 Å². The molecular weight excluding hydrogens is 457 g/mol. The maximum atomic E-state index is 12.7. The quantitative estimate of drug-likeness (QED) is 0.263. The molecule has 0 spiro atoms. The van der Waals surface area contributed by atoms with Crippen molar-refractivity contribution in [2.24, 2.45) is 17.5 Å². The maximum absolute atomic E-state index is 12.7. The molecule has 1 aromatic heterocycles. The van der Waals surface area contributed by atoms with Crippen LogP contribution in [0.25, 0.3) is 0 Å². The lowest BCUT2D eigenvalue weighted by Gasteiger charge is -2.31. The Bertz CT molecular complexity index is 663. The van der Waals surface area contributed by atoms with Crippen LogP contribution < -0.4 is 10.6 Å². The molecule has 0 atom stereocenters. The number of halogens is 1. The Balaban J connectivity index is 0.00000364. The van der Waals surface area contributed by atoms with Crippen molar-refractivity contribution >= 4 is 35.8 Å². The predicted octanol–water partition coefficient (Wildman–Crippen LogP) is 1.61. The summed E-state index contributed by atoms with van der Waals surface area (Å²) < 4.78 is 1.92. The minimum Gasteiger partial charge on any atom is -0.355 e. The summed E-state index contributed by atoms with van der Waals surface area (Å²) in [7, 11) is 5.57. The summed E-state index contributed by atoms with van der Waals surface area (Å²) >= 11 is 0. The predicted molar refractivity (Wildman–Crippen MR) is 118 cm³/mol. The van der Waals surface area contributed by atoms with Gasteiger partial charge < -0.3 is 20.1 Å². The van der Waals surface area contributed by atoms with Crippen LogP contribution in [-0.4, -0.2) is 58.7 Å². The largest absolute Gasteiger partial charge is 0.355 e. The van der Waals surface area contributed by atoms with Crippen molar-refractivity contribution in [3.8, 4) is 0 Å². The monoisotopic (exact) mass is 489 g/mol. The smallest absolute Gasteiger partial charge is 0.230 e. The fourth-order valence-electron chi connectivity index (χ4n) is 3.33. The van der Waals surface area contributed by atoms with Crippen LogP contribution in [0.1, 0.15) is 37.3 Å². The summed E-state index contributed by atoms with van der Waals surface area (Å²) in [5.41, 5.74) is -0.346. The third kappa shape index (κ3) is 5.91. The molecule has 1 saturated carbocycles. The topological polar surface area (TPSA) is 87.4 Å². The third-order valence-corrected chi connectivity index (χ3v) is 4.99. The lowest BCUT2D eigenvalue weighted by Crippen LogP contribution is -2.49. The van der Waals surface area contributed by atoms with Crippen molar-refractivity contribution in [2.75, 3.05) is 27.2 Å². The van der Waals surface area contributed by atoms with Crippen LogP contribution in [-0.2, 0) is 18.4 Å². The molecule has 1 heterocycles. The Morgan fingerprint density at radius 1 is 1.33 bits per heavy atom. The first kappa shape index (κ1) is 23.4. The number of nitrogens with zero attached hydrogens (tertiary/aromatic N) is 5. The number of guanidine groups is 1. The van der Waals surface area contributed by atoms with Crippen LogP contribution in [0.15, 0.2) is 17.6 Å². The van der Waals surface area contributed by atoms with Crippen LogP contribution in [0.3, 0.4) is 0 Å². The van der Waals surface area contributed by atoms with Crippen LogP contribution >= 0.6 is 24.0 Å². The summed E-state index contributed by atoms with van der Waals surface area (Å²) in [6.45, 7) is 7.23. The Hall–Kier alpha value is -1.65. The molecule has 1 aliphatic rings. The van der Waals surface area contributed by atoms with Gasteiger partial charge in [0, 0.05) is 34.2 Å². The number of amides is 1. The first-order valence-electron chi connectivity index (χ1n) is 9.09. The van der Waals surface area contributed by atoms with Crippen LogP contribution in [0.4, 0.5) is 0 Å². The SMILES string of the molecule is C=CCNC(=NCc1nnc(C)n1C)NCC1(C(=O)N(C)C)CCCC1.I. The van der Waals surface area contributed by atoms with Gasteiger partial charge in [-0.1, -0.05) is 18.9 Å². The fraction of sp³-hybridized carbons (Fsp3) is 0.667. The van der Waals surface area contributed by atoms with Crippen LogP contribution in [0.2, 0.25) is 0 Å². The van der Waals surface area contributed by atoms with Gasteiger partial charge in [-0.3, -0.25) is 4.79 Å². The number of rotatable bonds is 7. The number of aryl methyl sites for hydroxylation is 1. The Labute approximate surface area is 178 Å². The second kappa shape index (κ2) is 10.6. The van der Waals surface area contributed by atoms with Crippen molar-refractivity contribution in [3.05, 3.63) is 24.3 Å². The first-order chi connectivity index (χ1) is 12.4. The van der Waals surface area contributed by atoms with Crippen LogP contribution in [0.5, 0.6) is 0 Å². The van der Waals surface area contributed by atoms with E-state index in [-0.39, 0.29) is 35.3 Å². The molecule has 0 aromatic carbocycles. The van der Waals surface area contributed by atoms with E-state index in [0.29, 0.717) is 25.6 Å². The van der Waals surface area contributed by atoms with Gasteiger partial charge in [0.15, 0.2) is 11.8 Å². The Morgan fingerprint density at radius 2 is 2.00 bits per heavy atom. The lowest BCUT2D eigenvalue weighted by molar-refractivity contribution is -0.138. The standard InChI is InChI=1S/C18H31N7O.HI/c1-6-11-19-17(20-12-15-23-22-14(2)25(15)5)21-13-18(9-7-8-10-18)16(26)24(3)4;/h6H,1,7-13H2,2-5H3,(H2,19,20,21);1H. The normalized spacial score (nSPS) is 15.8. The van der Waals surface area contributed by atoms with Gasteiger partial charge in [-0.2, -0.15) is 0 Å². The number of carbonyl (C=O) groups excluding carboxylic acids is 1. The van der Waals surface area contributed by atoms with E-state index in [9.17, 15) is 4.79 Å². The van der Waals surface area contributed by atoms with E-state index in [2.05, 4.69) is 32.4 Å². The van der Waals surface area contributed by atoms with Gasteiger partial charge in [-0.15, -0.1) is 40.8 Å². The molecule has 152 valence electrons. The molecule has 2 rings (SSSR count). The molecule has 1 aromatic rings. The Kier molecular flexibility index (Phi) is 9.20. The van der Waals surface area contributed by atoms with E-state index in [1.807, 2.05) is 32.6 Å². The molecular formula is C18H32IN7O. The lowest BCUT2D eigenvalue weighted by atomic mass is 9.84. The zero-order valence-corrected chi connectivity index (χ0v) is 19.1. The highest BCUT2D eigenvalue weighted by atomic mass is 127. The van der Waals surface area contributed by atoms with Crippen LogP contribution in [0, 0.1) is 12.3 Å². The van der Waals surface area contributed by atoms with E-state index in [4.69, 9.17) is 0 Å². The molecule has 0 unspecified atom stereocenters. The molecule has 2 N–H and O–H groups in total. The van der Waals surface area contributed by atoms with Gasteiger partial charge in [0.2, 0.25) is 5.91 Å². The second-order valence-electron chi connectivity index (χ2n) is 7.10. The van der Waals surface area contributed by atoms with Crippen molar-refractivity contribution in [1.82, 2.24) is 30.3 Å². The number of hydrogen-bond acceptors (Lipinski definition) is 4. The molecule has 0 bridgehead atoms. The highest BCUT2D eigenvalue weighted by Gasteiger charge is 2.42. The Morgan fingerprint density at radius 3 is 2.52 bits per heavy atom. The highest BCUT2D eigenvalue weighted by Crippen LogP contribution is 2.38. The summed E-state index contributed by atoms with van der Waals surface area (Å²) in [4.78, 5) is 19.0. The van der Waals surface area contributed by atoms with E-state index in [1.54, 1.807) is 11.0 Å². The maximum Gasteiger partial charge on any atom is 0.230 e. The molecule has 27 heavy (non-hydrogen) atoms. The number of aliphatic imine (C=N–C) groups is 1. The molecule has 9 heteroatoms. The summed E-state index contributed by atoms with van der Waals surface area (Å²) in [6.07, 6.45) is 5.78. The average molecular weight is 489 g/mol. The third-order valence-electron chi connectivity index (χ3n) is 4.99. The molecule has 0 radical (unpaired) electrons. The molecule has 1 fully saturated rings. The molecule has 1 aliphatic carbocycles. The van der Waals surface area contributed by atoms with Crippen molar-refractivity contribution in [1.29, 1.82) is 0 Å². The minimum absolute atomic E-state index is 0. The minimum atomic E-state index is -0.346. The number of aromatic nitrogens is 3. The van der Waals surface area contributed by atoms with E-state index in [1.165, 1.54) is 0 Å². The molecule has 8 nitrogen and oxygen atoms in total. The van der Waals surface area contributed by atoms with Gasteiger partial charge in [0.25, 0.3) is 0 Å². The fourth-order valence-corrected chi connectivity index (χ4v) is 3.33. The zero-order chi connectivity index (χ0) is 19.2. The van der Waals surface area contributed by atoms with Gasteiger partial charge in [-0.25, -0.2) is 4.99 Å². The van der Waals surface area contributed by atoms with Gasteiger partial charge in [0.1, 0.15) is 12.4 Å². The van der Waals surface area contributed by atoms with Gasteiger partial charge >= 0.3 is 0 Å². The highest BCUT2D eigenvalue weighted by molar-refractivity contribution is 14.0. The average Bonchev–Trinajstić information content (AvgIpc) is 3.22. The summed E-state index contributed by atoms with van der Waals surface area (Å²) in [6, 6.07) is 0. The zero-order valence-electron chi connectivity index (χ0n) is 16.8. The summed E-state index contributed by atoms with van der Waals surface area (Å²) in [5.74, 6) is 2.49. The summed E-state index contributed by atoms with van der Waals surface area (Å²) in [5, 5.41) is 14.8. The number of carbonyl (C=O) groups is 1. The molecule has 1 amide bonds. The first-order valence-corrected chi connectivity index (χ1v) is 9.09. The van der Waals surface area contributed by atoms with E-state index in [0.717, 1.165) is 37.3 Å². The van der Waals surface area contributed by atoms with Gasteiger partial charge in [0.05, 0.1) is 5.41 Å². The van der Waals surface area contributed by atoms with E-state index >= 15 is 0 Å². The number of hydrogen-bond donors (Lipinski definition) is 2.